The van der Waals surface area contributed by atoms with Crippen LogP contribution in [0.3, 0.4) is 0 Å². The second kappa shape index (κ2) is 8.65. The van der Waals surface area contributed by atoms with Crippen LogP contribution in [-0.4, -0.2) is 37.7 Å². The van der Waals surface area contributed by atoms with Gasteiger partial charge in [-0.25, -0.2) is 0 Å². The largest absolute Gasteiger partial charge is 0.494 e. The molecule has 1 atom stereocenters. The van der Waals surface area contributed by atoms with Gasteiger partial charge in [-0.15, -0.1) is 0 Å². The molecule has 0 saturated carbocycles. The molecule has 4 heteroatoms. The molecule has 1 unspecified atom stereocenters. The highest BCUT2D eigenvalue weighted by molar-refractivity contribution is 9.10. The van der Waals surface area contributed by atoms with E-state index in [0.29, 0.717) is 6.61 Å². The van der Waals surface area contributed by atoms with Gasteiger partial charge in [-0.2, -0.15) is 0 Å². The fourth-order valence-corrected chi connectivity index (χ4v) is 3.61. The summed E-state index contributed by atoms with van der Waals surface area (Å²) < 4.78 is 7.05. The molecule has 3 rings (SSSR count). The first kappa shape index (κ1) is 17.5. The zero-order valence-electron chi connectivity index (χ0n) is 14.2. The van der Waals surface area contributed by atoms with Crippen LogP contribution in [0.4, 0.5) is 0 Å². The summed E-state index contributed by atoms with van der Waals surface area (Å²) >= 11 is 3.55. The van der Waals surface area contributed by atoms with Gasteiger partial charge in [0.15, 0.2) is 0 Å². The highest BCUT2D eigenvalue weighted by Gasteiger charge is 2.25. The van der Waals surface area contributed by atoms with Gasteiger partial charge < -0.3 is 10.1 Å². The summed E-state index contributed by atoms with van der Waals surface area (Å²) in [5, 5.41) is 3.50. The van der Waals surface area contributed by atoms with Crippen molar-refractivity contribution in [2.45, 2.75) is 19.4 Å². The Hall–Kier alpha value is -1.36. The van der Waals surface area contributed by atoms with Crippen molar-refractivity contribution >= 4 is 15.9 Å². The van der Waals surface area contributed by atoms with Crippen molar-refractivity contribution in [1.29, 1.82) is 0 Å². The Labute approximate surface area is 153 Å². The van der Waals surface area contributed by atoms with Crippen LogP contribution in [0.5, 0.6) is 5.75 Å². The minimum atomic E-state index is 0.223. The lowest BCUT2D eigenvalue weighted by atomic mass is 9.96. The fraction of sp³-hybridized carbons (Fsp3) is 0.400. The minimum absolute atomic E-state index is 0.223. The number of hydrogen-bond donors (Lipinski definition) is 1. The molecule has 3 nitrogen and oxygen atoms in total. The summed E-state index contributed by atoms with van der Waals surface area (Å²) in [5.41, 5.74) is 2.57. The molecule has 24 heavy (non-hydrogen) atoms. The van der Waals surface area contributed by atoms with Crippen LogP contribution in [0.1, 0.15) is 30.5 Å². The number of hydrogen-bond acceptors (Lipinski definition) is 3. The topological polar surface area (TPSA) is 24.5 Å². The van der Waals surface area contributed by atoms with Crippen LogP contribution in [0.15, 0.2) is 53.0 Å². The van der Waals surface area contributed by atoms with Gasteiger partial charge in [0.25, 0.3) is 0 Å². The van der Waals surface area contributed by atoms with Crippen molar-refractivity contribution in [2.75, 3.05) is 32.8 Å². The lowest BCUT2D eigenvalue weighted by molar-refractivity contribution is 0.233. The third-order valence-electron chi connectivity index (χ3n) is 4.44. The molecular formula is C20H25BrN2O. The zero-order valence-corrected chi connectivity index (χ0v) is 15.8. The molecule has 1 saturated heterocycles. The van der Waals surface area contributed by atoms with Gasteiger partial charge in [-0.1, -0.05) is 46.3 Å². The second-order valence-electron chi connectivity index (χ2n) is 6.06. The van der Waals surface area contributed by atoms with E-state index in [0.717, 1.165) is 36.4 Å². The lowest BCUT2D eigenvalue weighted by Crippen LogP contribution is -2.33. The SMILES string of the molecule is CCOc1ccccc1C(c1ccc(Br)cc1)N1CCCNCC1. The van der Waals surface area contributed by atoms with Crippen LogP contribution < -0.4 is 10.1 Å². The van der Waals surface area contributed by atoms with Gasteiger partial charge in [0.2, 0.25) is 0 Å². The Morgan fingerprint density at radius 1 is 1.08 bits per heavy atom. The fourth-order valence-electron chi connectivity index (χ4n) is 3.35. The summed E-state index contributed by atoms with van der Waals surface area (Å²) in [6.45, 7) is 6.99. The molecule has 1 heterocycles. The molecule has 2 aromatic carbocycles. The highest BCUT2D eigenvalue weighted by atomic mass is 79.9. The maximum Gasteiger partial charge on any atom is 0.124 e. The van der Waals surface area contributed by atoms with E-state index >= 15 is 0 Å². The Balaban J connectivity index is 2.02. The minimum Gasteiger partial charge on any atom is -0.494 e. The highest BCUT2D eigenvalue weighted by Crippen LogP contribution is 2.35. The molecule has 0 spiro atoms. The van der Waals surface area contributed by atoms with E-state index in [1.807, 2.05) is 6.92 Å². The van der Waals surface area contributed by atoms with E-state index in [1.54, 1.807) is 0 Å². The second-order valence-corrected chi connectivity index (χ2v) is 6.98. The molecule has 0 aliphatic carbocycles. The van der Waals surface area contributed by atoms with Crippen molar-refractivity contribution < 1.29 is 4.74 Å². The van der Waals surface area contributed by atoms with Crippen LogP contribution in [0.25, 0.3) is 0 Å². The number of rotatable bonds is 5. The van der Waals surface area contributed by atoms with Crippen molar-refractivity contribution in [3.63, 3.8) is 0 Å². The predicted octanol–water partition coefficient (Wildman–Crippen LogP) is 4.23. The quantitative estimate of drug-likeness (QED) is 0.828. The lowest BCUT2D eigenvalue weighted by Gasteiger charge is -2.32. The van der Waals surface area contributed by atoms with Gasteiger partial charge in [0, 0.05) is 29.7 Å². The molecule has 1 aliphatic rings. The molecule has 128 valence electrons. The number of benzene rings is 2. The third kappa shape index (κ3) is 4.18. The maximum atomic E-state index is 5.93. The van der Waals surface area contributed by atoms with Gasteiger partial charge in [0.05, 0.1) is 12.6 Å². The van der Waals surface area contributed by atoms with Crippen LogP contribution in [-0.2, 0) is 0 Å². The van der Waals surface area contributed by atoms with Crippen molar-refractivity contribution in [3.8, 4) is 5.75 Å². The smallest absolute Gasteiger partial charge is 0.124 e. The van der Waals surface area contributed by atoms with E-state index in [1.165, 1.54) is 17.5 Å². The molecule has 1 aliphatic heterocycles. The molecular weight excluding hydrogens is 364 g/mol. The first-order valence-corrected chi connectivity index (χ1v) is 9.51. The number of nitrogens with zero attached hydrogens (tertiary/aromatic N) is 1. The Morgan fingerprint density at radius 2 is 1.88 bits per heavy atom. The van der Waals surface area contributed by atoms with E-state index in [-0.39, 0.29) is 6.04 Å². The standard InChI is InChI=1S/C20H25BrN2O/c1-2-24-19-7-4-3-6-18(19)20(16-8-10-17(21)11-9-16)23-14-5-12-22-13-15-23/h3-4,6-11,20,22H,2,5,12-15H2,1H3. The molecule has 0 radical (unpaired) electrons. The summed E-state index contributed by atoms with van der Waals surface area (Å²) in [4.78, 5) is 2.57. The molecule has 1 fully saturated rings. The van der Waals surface area contributed by atoms with E-state index in [2.05, 4.69) is 74.7 Å². The molecule has 0 aromatic heterocycles. The Kier molecular flexibility index (Phi) is 6.30. The summed E-state index contributed by atoms with van der Waals surface area (Å²) in [7, 11) is 0. The van der Waals surface area contributed by atoms with Crippen molar-refractivity contribution in [3.05, 3.63) is 64.1 Å². The van der Waals surface area contributed by atoms with Crippen LogP contribution in [0, 0.1) is 0 Å². The summed E-state index contributed by atoms with van der Waals surface area (Å²) in [6, 6.07) is 17.4. The van der Waals surface area contributed by atoms with Crippen LogP contribution in [0.2, 0.25) is 0 Å². The average molecular weight is 389 g/mol. The van der Waals surface area contributed by atoms with Gasteiger partial charge in [-0.3, -0.25) is 4.90 Å². The molecule has 2 aromatic rings. The maximum absolute atomic E-state index is 5.93. The van der Waals surface area contributed by atoms with Crippen LogP contribution >= 0.6 is 15.9 Å². The Morgan fingerprint density at radius 3 is 2.67 bits per heavy atom. The van der Waals surface area contributed by atoms with E-state index < -0.39 is 0 Å². The van der Waals surface area contributed by atoms with Crippen molar-refractivity contribution in [2.24, 2.45) is 0 Å². The number of halogens is 1. The third-order valence-corrected chi connectivity index (χ3v) is 4.97. The summed E-state index contributed by atoms with van der Waals surface area (Å²) in [5.74, 6) is 0.991. The number of ether oxygens (including phenoxy) is 1. The molecule has 0 amide bonds. The monoisotopic (exact) mass is 388 g/mol. The van der Waals surface area contributed by atoms with Crippen molar-refractivity contribution in [1.82, 2.24) is 10.2 Å². The van der Waals surface area contributed by atoms with E-state index in [9.17, 15) is 0 Å². The molecule has 1 N–H and O–H groups in total. The van der Waals surface area contributed by atoms with Gasteiger partial charge >= 0.3 is 0 Å². The first-order valence-electron chi connectivity index (χ1n) is 8.71. The molecule has 0 bridgehead atoms. The van der Waals surface area contributed by atoms with Gasteiger partial charge in [-0.05, 0) is 43.7 Å². The average Bonchev–Trinajstić information content (AvgIpc) is 2.88. The van der Waals surface area contributed by atoms with Gasteiger partial charge in [0.1, 0.15) is 5.75 Å². The zero-order chi connectivity index (χ0) is 16.8. The van der Waals surface area contributed by atoms with E-state index in [4.69, 9.17) is 4.74 Å². The Bertz CT molecular complexity index is 636. The number of para-hydroxylation sites is 1. The first-order chi connectivity index (χ1) is 11.8. The normalized spacial score (nSPS) is 17.2. The summed E-state index contributed by atoms with van der Waals surface area (Å²) in [6.07, 6.45) is 1.17. The number of nitrogens with one attached hydrogen (secondary N) is 1. The predicted molar refractivity (Wildman–Crippen MR) is 103 cm³/mol.